The van der Waals surface area contributed by atoms with E-state index in [1.54, 1.807) is 16.7 Å². The van der Waals surface area contributed by atoms with Crippen molar-refractivity contribution in [3.63, 3.8) is 0 Å². The van der Waals surface area contributed by atoms with E-state index in [-0.39, 0.29) is 0 Å². The first-order valence-electron chi connectivity index (χ1n) is 7.41. The number of piperidine rings is 1. The number of carbonyl (C=O) groups excluding carboxylic acids is 1. The summed E-state index contributed by atoms with van der Waals surface area (Å²) in [6.07, 6.45) is 7.04. The summed E-state index contributed by atoms with van der Waals surface area (Å²) in [4.78, 5) is 12.8. The van der Waals surface area contributed by atoms with Crippen LogP contribution in [0.2, 0.25) is 0 Å². The number of amides is 1. The number of hydrogen-bond donors (Lipinski definition) is 1. The molecule has 2 aliphatic heterocycles. The Bertz CT molecular complexity index is 530. The van der Waals surface area contributed by atoms with Gasteiger partial charge in [0, 0.05) is 30.7 Å². The number of anilines is 1. The first-order chi connectivity index (χ1) is 9.32. The molecular weight excluding hydrogens is 236 g/mol. The van der Waals surface area contributed by atoms with Crippen LogP contribution < -0.4 is 5.32 Å². The molecule has 1 aromatic carbocycles. The maximum Gasteiger partial charge on any atom is 0.209 e. The zero-order chi connectivity index (χ0) is 12.9. The molecule has 1 saturated heterocycles. The first kappa shape index (κ1) is 11.3. The highest BCUT2D eigenvalue weighted by Gasteiger charge is 2.43. The summed E-state index contributed by atoms with van der Waals surface area (Å²) in [5.74, 6) is 0. The van der Waals surface area contributed by atoms with Crippen LogP contribution in [0.25, 0.3) is 0 Å². The Balaban J connectivity index is 1.76. The van der Waals surface area contributed by atoms with E-state index in [4.69, 9.17) is 0 Å². The van der Waals surface area contributed by atoms with Crippen molar-refractivity contribution < 1.29 is 4.79 Å². The molecule has 1 spiro atoms. The van der Waals surface area contributed by atoms with Crippen LogP contribution in [0.1, 0.15) is 36.0 Å². The second-order valence-corrected chi connectivity index (χ2v) is 6.25. The SMILES string of the molecule is O=CN1CCC2(CC1)CNc1ccc3c(c12)CCC3. The normalized spacial score (nSPS) is 23.1. The molecule has 1 amide bonds. The molecule has 2 heterocycles. The fraction of sp³-hybridized carbons (Fsp3) is 0.562. The van der Waals surface area contributed by atoms with Crippen molar-refractivity contribution in [2.24, 2.45) is 0 Å². The van der Waals surface area contributed by atoms with Crippen molar-refractivity contribution in [1.82, 2.24) is 4.90 Å². The number of nitrogens with one attached hydrogen (secondary N) is 1. The number of benzene rings is 1. The molecule has 3 heteroatoms. The van der Waals surface area contributed by atoms with Gasteiger partial charge in [-0.3, -0.25) is 4.79 Å². The van der Waals surface area contributed by atoms with Gasteiger partial charge >= 0.3 is 0 Å². The van der Waals surface area contributed by atoms with Gasteiger partial charge in [0.1, 0.15) is 0 Å². The maximum absolute atomic E-state index is 10.9. The van der Waals surface area contributed by atoms with Crippen LogP contribution in [-0.2, 0) is 23.1 Å². The highest BCUT2D eigenvalue weighted by Crippen LogP contribution is 2.48. The second-order valence-electron chi connectivity index (χ2n) is 6.25. The molecule has 1 N–H and O–H groups in total. The van der Waals surface area contributed by atoms with E-state index >= 15 is 0 Å². The van der Waals surface area contributed by atoms with Gasteiger partial charge in [-0.2, -0.15) is 0 Å². The van der Waals surface area contributed by atoms with Crippen LogP contribution in [0.15, 0.2) is 12.1 Å². The Kier molecular flexibility index (Phi) is 2.38. The van der Waals surface area contributed by atoms with E-state index in [1.807, 2.05) is 4.90 Å². The molecule has 3 nitrogen and oxygen atoms in total. The highest BCUT2D eigenvalue weighted by molar-refractivity contribution is 5.66. The van der Waals surface area contributed by atoms with Gasteiger partial charge < -0.3 is 10.2 Å². The van der Waals surface area contributed by atoms with Crippen molar-refractivity contribution in [3.05, 3.63) is 28.8 Å². The maximum atomic E-state index is 10.9. The molecule has 0 atom stereocenters. The number of fused-ring (bicyclic) bond motifs is 4. The Morgan fingerprint density at radius 2 is 2.05 bits per heavy atom. The third-order valence-electron chi connectivity index (χ3n) is 5.33. The van der Waals surface area contributed by atoms with Crippen molar-refractivity contribution >= 4 is 12.1 Å². The van der Waals surface area contributed by atoms with Crippen molar-refractivity contribution in [2.45, 2.75) is 37.5 Å². The summed E-state index contributed by atoms with van der Waals surface area (Å²) in [6, 6.07) is 4.59. The van der Waals surface area contributed by atoms with Gasteiger partial charge in [-0.25, -0.2) is 0 Å². The zero-order valence-electron chi connectivity index (χ0n) is 11.2. The zero-order valence-corrected chi connectivity index (χ0v) is 11.2. The topological polar surface area (TPSA) is 32.3 Å². The lowest BCUT2D eigenvalue weighted by atomic mass is 9.72. The number of hydrogen-bond acceptors (Lipinski definition) is 2. The predicted octanol–water partition coefficient (Wildman–Crippen LogP) is 2.09. The lowest BCUT2D eigenvalue weighted by Gasteiger charge is -2.38. The lowest BCUT2D eigenvalue weighted by molar-refractivity contribution is -0.119. The Morgan fingerprint density at radius 3 is 2.84 bits per heavy atom. The van der Waals surface area contributed by atoms with Gasteiger partial charge in [0.05, 0.1) is 0 Å². The Morgan fingerprint density at radius 1 is 1.21 bits per heavy atom. The van der Waals surface area contributed by atoms with E-state index in [1.165, 1.54) is 24.9 Å². The Labute approximate surface area is 114 Å². The van der Waals surface area contributed by atoms with Gasteiger partial charge in [-0.1, -0.05) is 6.07 Å². The molecule has 100 valence electrons. The lowest BCUT2D eigenvalue weighted by Crippen LogP contribution is -2.43. The molecule has 0 saturated carbocycles. The van der Waals surface area contributed by atoms with Crippen LogP contribution in [0, 0.1) is 0 Å². The molecule has 3 aliphatic rings. The van der Waals surface area contributed by atoms with E-state index in [0.717, 1.165) is 38.9 Å². The molecule has 1 aromatic rings. The Hall–Kier alpha value is -1.51. The summed E-state index contributed by atoms with van der Waals surface area (Å²) in [5, 5.41) is 3.62. The van der Waals surface area contributed by atoms with Crippen LogP contribution in [0.4, 0.5) is 5.69 Å². The summed E-state index contributed by atoms with van der Waals surface area (Å²) < 4.78 is 0. The van der Waals surface area contributed by atoms with E-state index < -0.39 is 0 Å². The summed E-state index contributed by atoms with van der Waals surface area (Å²) in [5.41, 5.74) is 6.46. The molecule has 0 aromatic heterocycles. The average molecular weight is 256 g/mol. The third kappa shape index (κ3) is 1.54. The molecule has 1 aliphatic carbocycles. The molecule has 0 radical (unpaired) electrons. The van der Waals surface area contributed by atoms with Crippen LogP contribution in [-0.4, -0.2) is 30.9 Å². The van der Waals surface area contributed by atoms with Gasteiger partial charge in [0.25, 0.3) is 0 Å². The fourth-order valence-corrected chi connectivity index (χ4v) is 4.26. The van der Waals surface area contributed by atoms with Gasteiger partial charge in [-0.05, 0) is 54.9 Å². The monoisotopic (exact) mass is 256 g/mol. The van der Waals surface area contributed by atoms with Gasteiger partial charge in [-0.15, -0.1) is 0 Å². The van der Waals surface area contributed by atoms with Crippen LogP contribution >= 0.6 is 0 Å². The minimum absolute atomic E-state index is 0.296. The number of carbonyl (C=O) groups is 1. The number of aryl methyl sites for hydroxylation is 1. The largest absolute Gasteiger partial charge is 0.384 e. The summed E-state index contributed by atoms with van der Waals surface area (Å²) in [7, 11) is 0. The van der Waals surface area contributed by atoms with Crippen molar-refractivity contribution in [3.8, 4) is 0 Å². The van der Waals surface area contributed by atoms with Crippen LogP contribution in [0.3, 0.4) is 0 Å². The molecular formula is C16H20N2O. The van der Waals surface area contributed by atoms with E-state index in [2.05, 4.69) is 17.4 Å². The minimum Gasteiger partial charge on any atom is -0.384 e. The smallest absolute Gasteiger partial charge is 0.209 e. The molecule has 0 unspecified atom stereocenters. The number of rotatable bonds is 1. The number of nitrogens with zero attached hydrogens (tertiary/aromatic N) is 1. The second kappa shape index (κ2) is 3.99. The predicted molar refractivity (Wildman–Crippen MR) is 75.5 cm³/mol. The van der Waals surface area contributed by atoms with Gasteiger partial charge in [0.15, 0.2) is 0 Å². The summed E-state index contributed by atoms with van der Waals surface area (Å²) >= 11 is 0. The van der Waals surface area contributed by atoms with Crippen LogP contribution in [0.5, 0.6) is 0 Å². The first-order valence-corrected chi connectivity index (χ1v) is 7.41. The number of likely N-dealkylation sites (tertiary alicyclic amines) is 1. The van der Waals surface area contributed by atoms with E-state index in [0.29, 0.717) is 5.41 Å². The average Bonchev–Trinajstić information content (AvgIpc) is 3.05. The minimum atomic E-state index is 0.296. The quantitative estimate of drug-likeness (QED) is 0.780. The van der Waals surface area contributed by atoms with Crippen molar-refractivity contribution in [2.75, 3.05) is 25.0 Å². The third-order valence-corrected chi connectivity index (χ3v) is 5.33. The highest BCUT2D eigenvalue weighted by atomic mass is 16.1. The van der Waals surface area contributed by atoms with Gasteiger partial charge in [0.2, 0.25) is 6.41 Å². The molecule has 0 bridgehead atoms. The summed E-state index contributed by atoms with van der Waals surface area (Å²) in [6.45, 7) is 2.88. The molecule has 1 fully saturated rings. The standard InChI is InChI=1S/C16H20N2O/c19-11-18-8-6-16(7-9-18)10-17-14-5-4-12-2-1-3-13(12)15(14)16/h4-5,11,17H,1-3,6-10H2. The molecule has 4 rings (SSSR count). The molecule has 19 heavy (non-hydrogen) atoms. The van der Waals surface area contributed by atoms with Crippen molar-refractivity contribution in [1.29, 1.82) is 0 Å². The fourth-order valence-electron chi connectivity index (χ4n) is 4.26. The van der Waals surface area contributed by atoms with E-state index in [9.17, 15) is 4.79 Å².